The second-order valence-electron chi connectivity index (χ2n) is 9.70. The summed E-state index contributed by atoms with van der Waals surface area (Å²) in [7, 11) is 0. The minimum Gasteiger partial charge on any atom is -0.491 e. The van der Waals surface area contributed by atoms with E-state index in [1.165, 1.54) is 24.5 Å². The molecule has 0 bridgehead atoms. The number of rotatable bonds is 13. The van der Waals surface area contributed by atoms with Gasteiger partial charge in [0, 0.05) is 0 Å². The number of alkyl halides is 1. The maximum Gasteiger partial charge on any atom is 0.340 e. The number of esters is 1. The third kappa shape index (κ3) is 8.33. The van der Waals surface area contributed by atoms with Crippen molar-refractivity contribution >= 4 is 5.97 Å². The number of benzene rings is 2. The van der Waals surface area contributed by atoms with E-state index in [0.717, 1.165) is 56.1 Å². The van der Waals surface area contributed by atoms with E-state index in [1.807, 2.05) is 25.1 Å². The van der Waals surface area contributed by atoms with Gasteiger partial charge in [0.25, 0.3) is 0 Å². The number of carbonyl (C=O) groups is 1. The smallest absolute Gasteiger partial charge is 0.340 e. The number of hydrogen-bond donors (Lipinski definition) is 0. The molecule has 0 aromatic heterocycles. The van der Waals surface area contributed by atoms with Gasteiger partial charge in [-0.25, -0.2) is 13.6 Å². The first-order valence-electron chi connectivity index (χ1n) is 13.4. The number of ether oxygens (including phenoxy) is 2. The highest BCUT2D eigenvalue weighted by molar-refractivity contribution is 5.74. The Morgan fingerprint density at radius 1 is 0.914 bits per heavy atom. The second kappa shape index (κ2) is 14.2. The molecule has 2 aromatic rings. The van der Waals surface area contributed by atoms with Gasteiger partial charge < -0.3 is 9.47 Å². The zero-order valence-corrected chi connectivity index (χ0v) is 21.2. The molecule has 5 heteroatoms. The van der Waals surface area contributed by atoms with E-state index in [-0.39, 0.29) is 18.3 Å². The fourth-order valence-corrected chi connectivity index (χ4v) is 4.71. The van der Waals surface area contributed by atoms with E-state index in [4.69, 9.17) is 9.47 Å². The Balaban J connectivity index is 1.49. The van der Waals surface area contributed by atoms with Crippen LogP contribution in [0.5, 0.6) is 5.75 Å². The lowest BCUT2D eigenvalue weighted by Crippen LogP contribution is -2.28. The molecule has 3 rings (SSSR count). The van der Waals surface area contributed by atoms with E-state index in [2.05, 4.69) is 19.1 Å². The van der Waals surface area contributed by atoms with Crippen molar-refractivity contribution in [2.75, 3.05) is 6.61 Å². The van der Waals surface area contributed by atoms with Crippen LogP contribution in [-0.4, -0.2) is 24.9 Å². The number of hydrogen-bond acceptors (Lipinski definition) is 3. The molecule has 2 aromatic carbocycles. The molecular weight excluding hydrogens is 446 g/mol. The van der Waals surface area contributed by atoms with Gasteiger partial charge in [-0.3, -0.25) is 0 Å². The summed E-state index contributed by atoms with van der Waals surface area (Å²) in [5.41, 5.74) is 3.02. The lowest BCUT2D eigenvalue weighted by molar-refractivity contribution is -0.157. The van der Waals surface area contributed by atoms with Crippen molar-refractivity contribution in [3.8, 4) is 16.9 Å². The van der Waals surface area contributed by atoms with Crippen molar-refractivity contribution in [1.29, 1.82) is 0 Å². The van der Waals surface area contributed by atoms with Gasteiger partial charge in [-0.1, -0.05) is 76.3 Å². The van der Waals surface area contributed by atoms with Crippen LogP contribution < -0.4 is 4.74 Å². The molecule has 1 fully saturated rings. The number of unbranched alkanes of at least 4 members (excludes halogenated alkanes) is 4. The predicted molar refractivity (Wildman–Crippen MR) is 137 cm³/mol. The first kappa shape index (κ1) is 27.2. The number of halogens is 2. The molecule has 0 heterocycles. The maximum absolute atomic E-state index is 14.5. The molecule has 1 aliphatic rings. The fraction of sp³-hybridized carbons (Fsp3) is 0.567. The van der Waals surface area contributed by atoms with Gasteiger partial charge >= 0.3 is 5.97 Å². The molecular formula is C30H40F2O3. The van der Waals surface area contributed by atoms with Crippen LogP contribution in [0.4, 0.5) is 8.78 Å². The van der Waals surface area contributed by atoms with Gasteiger partial charge in [-0.2, -0.15) is 0 Å². The summed E-state index contributed by atoms with van der Waals surface area (Å²) in [5.74, 6) is -0.337. The standard InChI is InChI=1S/C30H40F2O3/c1-3-5-7-8-20-34-29-19-16-25(21-28(29)32)24-12-10-22(11-13-24)23-14-17-26(18-15-23)35-30(33)27(31)9-6-4-2/h10-13,16,19,21,23,26-27H,3-9,14-15,17-18,20H2,1-2H3/t23?,26?,27-/m0/s1. The van der Waals surface area contributed by atoms with Crippen LogP contribution in [0.25, 0.3) is 11.1 Å². The first-order chi connectivity index (χ1) is 17.0. The van der Waals surface area contributed by atoms with Gasteiger partial charge in [0.2, 0.25) is 0 Å². The Labute approximate surface area is 209 Å². The Hall–Kier alpha value is -2.43. The Morgan fingerprint density at radius 3 is 2.26 bits per heavy atom. The molecule has 0 saturated heterocycles. The third-order valence-electron chi connectivity index (χ3n) is 6.93. The van der Waals surface area contributed by atoms with Gasteiger partial charge in [0.1, 0.15) is 6.10 Å². The molecule has 0 spiro atoms. The van der Waals surface area contributed by atoms with Crippen LogP contribution in [-0.2, 0) is 9.53 Å². The van der Waals surface area contributed by atoms with Gasteiger partial charge in [0.15, 0.2) is 17.7 Å². The molecule has 0 unspecified atom stereocenters. The summed E-state index contributed by atoms with van der Waals surface area (Å²) in [5, 5.41) is 0. The largest absolute Gasteiger partial charge is 0.491 e. The van der Waals surface area contributed by atoms with E-state index in [1.54, 1.807) is 6.07 Å². The summed E-state index contributed by atoms with van der Waals surface area (Å²) in [6.45, 7) is 4.68. The summed E-state index contributed by atoms with van der Waals surface area (Å²) < 4.78 is 39.5. The van der Waals surface area contributed by atoms with Gasteiger partial charge in [-0.15, -0.1) is 0 Å². The van der Waals surface area contributed by atoms with Crippen molar-refractivity contribution in [3.05, 3.63) is 53.8 Å². The van der Waals surface area contributed by atoms with E-state index < -0.39 is 12.1 Å². The highest BCUT2D eigenvalue weighted by atomic mass is 19.1. The monoisotopic (exact) mass is 486 g/mol. The highest BCUT2D eigenvalue weighted by Crippen LogP contribution is 2.35. The van der Waals surface area contributed by atoms with Crippen molar-refractivity contribution in [3.63, 3.8) is 0 Å². The minimum atomic E-state index is -1.50. The second-order valence-corrected chi connectivity index (χ2v) is 9.70. The van der Waals surface area contributed by atoms with E-state index in [0.29, 0.717) is 24.7 Å². The molecule has 0 amide bonds. The SMILES string of the molecule is CCCCCCOc1ccc(-c2ccc(C3CCC(OC(=O)[C@@H](F)CCCC)CC3)cc2)cc1F. The Bertz CT molecular complexity index is 904. The predicted octanol–water partition coefficient (Wildman–Crippen LogP) is 8.55. The molecule has 35 heavy (non-hydrogen) atoms. The van der Waals surface area contributed by atoms with Crippen molar-refractivity contribution in [1.82, 2.24) is 0 Å². The molecule has 0 aliphatic heterocycles. The maximum atomic E-state index is 14.5. The average Bonchev–Trinajstić information content (AvgIpc) is 2.88. The molecule has 192 valence electrons. The van der Waals surface area contributed by atoms with Crippen LogP contribution in [0.3, 0.4) is 0 Å². The van der Waals surface area contributed by atoms with Crippen molar-refractivity contribution in [2.24, 2.45) is 0 Å². The summed E-state index contributed by atoms with van der Waals surface area (Å²) in [6, 6.07) is 13.4. The van der Waals surface area contributed by atoms with Gasteiger partial charge in [-0.05, 0) is 73.3 Å². The van der Waals surface area contributed by atoms with Crippen LogP contribution in [0.2, 0.25) is 0 Å². The normalized spacial score (nSPS) is 18.7. The minimum absolute atomic E-state index is 0.187. The average molecular weight is 487 g/mol. The van der Waals surface area contributed by atoms with E-state index >= 15 is 0 Å². The van der Waals surface area contributed by atoms with Crippen LogP contribution >= 0.6 is 0 Å². The molecule has 3 nitrogen and oxygen atoms in total. The van der Waals surface area contributed by atoms with Gasteiger partial charge in [0.05, 0.1) is 6.61 Å². The molecule has 1 atom stereocenters. The topological polar surface area (TPSA) is 35.5 Å². The van der Waals surface area contributed by atoms with E-state index in [9.17, 15) is 13.6 Å². The van der Waals surface area contributed by atoms with Crippen molar-refractivity contribution in [2.45, 2.75) is 103 Å². The first-order valence-corrected chi connectivity index (χ1v) is 13.4. The zero-order valence-electron chi connectivity index (χ0n) is 21.2. The Kier molecular flexibility index (Phi) is 11.0. The fourth-order valence-electron chi connectivity index (χ4n) is 4.71. The van der Waals surface area contributed by atoms with Crippen molar-refractivity contribution < 1.29 is 23.0 Å². The summed E-state index contributed by atoms with van der Waals surface area (Å²) >= 11 is 0. The highest BCUT2D eigenvalue weighted by Gasteiger charge is 2.27. The summed E-state index contributed by atoms with van der Waals surface area (Å²) in [4.78, 5) is 11.9. The lowest BCUT2D eigenvalue weighted by atomic mass is 9.82. The molecule has 0 N–H and O–H groups in total. The zero-order chi connectivity index (χ0) is 25.0. The third-order valence-corrected chi connectivity index (χ3v) is 6.93. The number of carbonyl (C=O) groups excluding carboxylic acids is 1. The quantitative estimate of drug-likeness (QED) is 0.210. The molecule has 0 radical (unpaired) electrons. The Morgan fingerprint density at radius 2 is 1.60 bits per heavy atom. The van der Waals surface area contributed by atoms with Crippen LogP contribution in [0.15, 0.2) is 42.5 Å². The molecule has 1 aliphatic carbocycles. The lowest BCUT2D eigenvalue weighted by Gasteiger charge is -2.29. The van der Waals surface area contributed by atoms with Crippen LogP contribution in [0, 0.1) is 5.82 Å². The molecule has 1 saturated carbocycles. The van der Waals surface area contributed by atoms with Crippen LogP contribution in [0.1, 0.15) is 96.0 Å². The summed E-state index contributed by atoms with van der Waals surface area (Å²) in [6.07, 6.45) is 7.82.